The lowest BCUT2D eigenvalue weighted by Gasteiger charge is -2.47. The van der Waals surface area contributed by atoms with E-state index in [4.69, 9.17) is 9.47 Å². The van der Waals surface area contributed by atoms with Crippen molar-refractivity contribution in [3.8, 4) is 11.5 Å². The highest BCUT2D eigenvalue weighted by atomic mass is 16.9. The van der Waals surface area contributed by atoms with Crippen LogP contribution in [0.2, 0.25) is 0 Å². The lowest BCUT2D eigenvalue weighted by molar-refractivity contribution is -0.757. The summed E-state index contributed by atoms with van der Waals surface area (Å²) in [6.07, 6.45) is 10.5. The molecule has 0 N–H and O–H groups in total. The second-order valence-electron chi connectivity index (χ2n) is 11.6. The summed E-state index contributed by atoms with van der Waals surface area (Å²) in [4.78, 5) is 27.5. The molecule has 1 heterocycles. The Morgan fingerprint density at radius 1 is 1.22 bits per heavy atom. The van der Waals surface area contributed by atoms with Crippen LogP contribution >= 0.6 is 0 Å². The van der Waals surface area contributed by atoms with Crippen LogP contribution in [0, 0.1) is 16.0 Å². The summed E-state index contributed by atoms with van der Waals surface area (Å²) < 4.78 is 12.6. The van der Waals surface area contributed by atoms with E-state index in [1.807, 2.05) is 6.07 Å². The maximum atomic E-state index is 12.8. The largest absolute Gasteiger partial charge is 0.487 e. The third-order valence-electron chi connectivity index (χ3n) is 7.83. The van der Waals surface area contributed by atoms with Gasteiger partial charge in [-0.3, -0.25) is 4.79 Å². The molecule has 0 unspecified atom stereocenters. The Morgan fingerprint density at radius 2 is 1.97 bits per heavy atom. The van der Waals surface area contributed by atoms with Crippen LogP contribution < -0.4 is 9.47 Å². The van der Waals surface area contributed by atoms with Crippen LogP contribution in [0.4, 0.5) is 0 Å². The van der Waals surface area contributed by atoms with E-state index in [0.29, 0.717) is 5.75 Å². The van der Waals surface area contributed by atoms with Crippen molar-refractivity contribution < 1.29 is 24.2 Å². The minimum Gasteiger partial charge on any atom is -0.487 e. The zero-order chi connectivity index (χ0) is 26.5. The van der Waals surface area contributed by atoms with Crippen LogP contribution in [-0.2, 0) is 15.0 Å². The van der Waals surface area contributed by atoms with Crippen LogP contribution in [0.3, 0.4) is 0 Å². The Hall–Kier alpha value is -2.57. The van der Waals surface area contributed by atoms with Gasteiger partial charge in [0.05, 0.1) is 6.61 Å². The zero-order valence-electron chi connectivity index (χ0n) is 22.9. The molecule has 2 atom stereocenters. The Balaban J connectivity index is 1.96. The van der Waals surface area contributed by atoms with Gasteiger partial charge in [0.15, 0.2) is 0 Å². The molecule has 3 rings (SSSR count). The number of benzene rings is 1. The average Bonchev–Trinajstić information content (AvgIpc) is 2.78. The highest BCUT2D eigenvalue weighted by molar-refractivity contribution is 5.74. The standard InChI is InChI=1S/C29H43NO6/c1-7-8-9-10-15-28(3,4)21-18-24(35-26(31)12-11-16-34-30(32)33)27-22-17-20(2)13-14-23(22)29(5,6)36-25(27)19-21/h17-19,22-23H,7-16H2,1-6H3/t22-,23-/m1/s1. The highest BCUT2D eigenvalue weighted by Crippen LogP contribution is 2.54. The maximum absolute atomic E-state index is 12.8. The Labute approximate surface area is 215 Å². The lowest BCUT2D eigenvalue weighted by atomic mass is 9.67. The molecule has 0 spiro atoms. The first-order chi connectivity index (χ1) is 16.9. The second-order valence-corrected chi connectivity index (χ2v) is 11.6. The maximum Gasteiger partial charge on any atom is 0.311 e. The van der Waals surface area contributed by atoms with E-state index in [0.717, 1.165) is 42.6 Å². The van der Waals surface area contributed by atoms with Gasteiger partial charge in [0.25, 0.3) is 5.09 Å². The van der Waals surface area contributed by atoms with E-state index >= 15 is 0 Å². The van der Waals surface area contributed by atoms with Gasteiger partial charge in [-0.25, -0.2) is 0 Å². The van der Waals surface area contributed by atoms with Gasteiger partial charge in [0.2, 0.25) is 0 Å². The molecule has 7 heteroatoms. The molecule has 1 aromatic carbocycles. The normalized spacial score (nSPS) is 20.4. The molecule has 0 aromatic heterocycles. The van der Waals surface area contributed by atoms with E-state index in [9.17, 15) is 14.9 Å². The number of nitrogens with zero attached hydrogens (tertiary/aromatic N) is 1. The average molecular weight is 502 g/mol. The molecule has 1 aliphatic carbocycles. The molecule has 0 fully saturated rings. The van der Waals surface area contributed by atoms with E-state index in [2.05, 4.69) is 58.5 Å². The summed E-state index contributed by atoms with van der Waals surface area (Å²) >= 11 is 0. The number of allylic oxidation sites excluding steroid dienone is 2. The van der Waals surface area contributed by atoms with E-state index in [1.54, 1.807) is 0 Å². The molecule has 0 bridgehead atoms. The minimum atomic E-state index is -0.843. The summed E-state index contributed by atoms with van der Waals surface area (Å²) in [5, 5.41) is 9.56. The summed E-state index contributed by atoms with van der Waals surface area (Å²) in [7, 11) is 0. The fourth-order valence-electron chi connectivity index (χ4n) is 5.65. The highest BCUT2D eigenvalue weighted by Gasteiger charge is 2.46. The Kier molecular flexibility index (Phi) is 9.07. The second kappa shape index (κ2) is 11.7. The molecular formula is C29H43NO6. The molecule has 0 amide bonds. The van der Waals surface area contributed by atoms with Crippen molar-refractivity contribution in [1.29, 1.82) is 0 Å². The number of esters is 1. The third-order valence-corrected chi connectivity index (χ3v) is 7.83. The fourth-order valence-corrected chi connectivity index (χ4v) is 5.65. The van der Waals surface area contributed by atoms with Crippen LogP contribution in [0.25, 0.3) is 0 Å². The molecule has 1 aromatic rings. The van der Waals surface area contributed by atoms with Gasteiger partial charge in [-0.1, -0.05) is 58.1 Å². The first-order valence-electron chi connectivity index (χ1n) is 13.5. The summed E-state index contributed by atoms with van der Waals surface area (Å²) in [6, 6.07) is 4.19. The zero-order valence-corrected chi connectivity index (χ0v) is 22.9. The van der Waals surface area contributed by atoms with Gasteiger partial charge < -0.3 is 14.3 Å². The number of hydrogen-bond acceptors (Lipinski definition) is 6. The fraction of sp³-hybridized carbons (Fsp3) is 0.690. The quantitative estimate of drug-likeness (QED) is 0.0738. The van der Waals surface area contributed by atoms with Crippen molar-refractivity contribution in [3.05, 3.63) is 45.0 Å². The summed E-state index contributed by atoms with van der Waals surface area (Å²) in [5.74, 6) is 1.33. The Morgan fingerprint density at radius 3 is 2.67 bits per heavy atom. The van der Waals surface area contributed by atoms with Crippen molar-refractivity contribution in [2.45, 2.75) is 116 Å². The third kappa shape index (κ3) is 6.80. The molecule has 200 valence electrons. The van der Waals surface area contributed by atoms with Gasteiger partial charge in [-0.2, -0.15) is 0 Å². The van der Waals surface area contributed by atoms with E-state index in [-0.39, 0.29) is 42.3 Å². The van der Waals surface area contributed by atoms with E-state index in [1.165, 1.54) is 24.8 Å². The van der Waals surface area contributed by atoms with Crippen LogP contribution in [0.15, 0.2) is 23.8 Å². The van der Waals surface area contributed by atoms with Gasteiger partial charge in [-0.05, 0) is 69.6 Å². The lowest BCUT2D eigenvalue weighted by Crippen LogP contribution is -2.45. The van der Waals surface area contributed by atoms with Crippen molar-refractivity contribution in [3.63, 3.8) is 0 Å². The summed E-state index contributed by atoms with van der Waals surface area (Å²) in [6.45, 7) is 13.0. The first kappa shape index (κ1) is 28.0. The monoisotopic (exact) mass is 501 g/mol. The number of hydrogen-bond donors (Lipinski definition) is 0. The molecule has 0 saturated heterocycles. The van der Waals surface area contributed by atoms with Gasteiger partial charge in [-0.15, -0.1) is 10.1 Å². The minimum absolute atomic E-state index is 0.0442. The SMILES string of the molecule is CCCCCCC(C)(C)c1cc(OC(=O)CCCO[N+](=O)[O-])c2c(c1)OC(C)(C)[C@@H]1CCC(C)=C[C@@H]21. The number of ether oxygens (including phenoxy) is 2. The number of carbonyl (C=O) groups excluding carboxylic acids is 1. The topological polar surface area (TPSA) is 87.9 Å². The smallest absolute Gasteiger partial charge is 0.311 e. The first-order valence-corrected chi connectivity index (χ1v) is 13.5. The van der Waals surface area contributed by atoms with Crippen molar-refractivity contribution >= 4 is 5.97 Å². The van der Waals surface area contributed by atoms with Crippen molar-refractivity contribution in [2.75, 3.05) is 6.61 Å². The molecule has 0 radical (unpaired) electrons. The predicted molar refractivity (Wildman–Crippen MR) is 140 cm³/mol. The van der Waals surface area contributed by atoms with E-state index < -0.39 is 11.1 Å². The summed E-state index contributed by atoms with van der Waals surface area (Å²) in [5.41, 5.74) is 2.95. The molecular weight excluding hydrogens is 458 g/mol. The number of unbranched alkanes of at least 4 members (excludes halogenated alkanes) is 3. The predicted octanol–water partition coefficient (Wildman–Crippen LogP) is 7.44. The van der Waals surface area contributed by atoms with Gasteiger partial charge in [0.1, 0.15) is 17.1 Å². The van der Waals surface area contributed by atoms with Crippen LogP contribution in [0.5, 0.6) is 11.5 Å². The van der Waals surface area contributed by atoms with Gasteiger partial charge in [0, 0.05) is 23.8 Å². The van der Waals surface area contributed by atoms with Gasteiger partial charge >= 0.3 is 5.97 Å². The van der Waals surface area contributed by atoms with Crippen LogP contribution in [-0.4, -0.2) is 23.3 Å². The number of fused-ring (bicyclic) bond motifs is 3. The molecule has 36 heavy (non-hydrogen) atoms. The van der Waals surface area contributed by atoms with Crippen LogP contribution in [0.1, 0.15) is 116 Å². The number of rotatable bonds is 12. The molecule has 7 nitrogen and oxygen atoms in total. The van der Waals surface area contributed by atoms with Crippen molar-refractivity contribution in [1.82, 2.24) is 0 Å². The molecule has 1 aliphatic heterocycles. The molecule has 0 saturated carbocycles. The van der Waals surface area contributed by atoms with Crippen molar-refractivity contribution in [2.24, 2.45) is 5.92 Å². The molecule has 2 aliphatic rings. The Bertz CT molecular complexity index is 980. The number of carbonyl (C=O) groups is 1.